The Balaban J connectivity index is 2.38. The predicted molar refractivity (Wildman–Crippen MR) is 52.1 cm³/mol. The first-order valence-corrected chi connectivity index (χ1v) is 5.11. The molecule has 12 heavy (non-hydrogen) atoms. The lowest BCUT2D eigenvalue weighted by Crippen LogP contribution is -2.27. The molecule has 0 bridgehead atoms. The van der Waals surface area contributed by atoms with Crippen LogP contribution in [0.1, 0.15) is 32.6 Å². The van der Waals surface area contributed by atoms with Crippen LogP contribution in [0, 0.1) is 11.8 Å². The van der Waals surface area contributed by atoms with Gasteiger partial charge in [0.2, 0.25) is 0 Å². The minimum absolute atomic E-state index is 0.103. The highest BCUT2D eigenvalue weighted by Crippen LogP contribution is 2.31. The van der Waals surface area contributed by atoms with E-state index in [0.717, 1.165) is 25.2 Å². The molecule has 1 rings (SSSR count). The fourth-order valence-corrected chi connectivity index (χ4v) is 2.07. The summed E-state index contributed by atoms with van der Waals surface area (Å²) in [6, 6.07) is 0. The Kier molecular flexibility index (Phi) is 4.10. The molecule has 0 heterocycles. The first-order valence-electron chi connectivity index (χ1n) is 4.67. The highest BCUT2D eigenvalue weighted by Gasteiger charge is 2.25. The van der Waals surface area contributed by atoms with E-state index in [9.17, 15) is 5.11 Å². The molecule has 1 saturated carbocycles. The molecule has 1 aliphatic carbocycles. The number of aliphatic hydroxyl groups is 1. The molecule has 70 valence electrons. The molecule has 3 atom stereocenters. The third kappa shape index (κ3) is 2.80. The van der Waals surface area contributed by atoms with Crippen molar-refractivity contribution in [3.63, 3.8) is 0 Å². The summed E-state index contributed by atoms with van der Waals surface area (Å²) >= 11 is 5.44. The van der Waals surface area contributed by atoms with Crippen LogP contribution >= 0.6 is 11.6 Å². The third-order valence-electron chi connectivity index (χ3n) is 2.73. The first-order chi connectivity index (χ1) is 5.74. The van der Waals surface area contributed by atoms with Crippen LogP contribution in [0.15, 0.2) is 11.6 Å². The average molecular weight is 189 g/mol. The van der Waals surface area contributed by atoms with Crippen LogP contribution in [-0.2, 0) is 0 Å². The second-order valence-corrected chi connectivity index (χ2v) is 4.10. The molecule has 3 unspecified atom stereocenters. The van der Waals surface area contributed by atoms with Gasteiger partial charge in [-0.05, 0) is 37.5 Å². The Hall–Kier alpha value is -0.0100. The number of hydrogen-bond acceptors (Lipinski definition) is 1. The lowest BCUT2D eigenvalue weighted by molar-refractivity contribution is 0.0533. The Labute approximate surface area is 79.4 Å². The third-order valence-corrected chi connectivity index (χ3v) is 2.91. The monoisotopic (exact) mass is 188 g/mol. The van der Waals surface area contributed by atoms with Crippen molar-refractivity contribution in [3.8, 4) is 0 Å². The van der Waals surface area contributed by atoms with E-state index in [1.165, 1.54) is 6.42 Å². The van der Waals surface area contributed by atoms with Gasteiger partial charge in [0.15, 0.2) is 0 Å². The van der Waals surface area contributed by atoms with Crippen molar-refractivity contribution >= 4 is 11.6 Å². The van der Waals surface area contributed by atoms with Crippen molar-refractivity contribution in [1.82, 2.24) is 0 Å². The molecule has 0 amide bonds. The molecule has 2 heteroatoms. The predicted octanol–water partition coefficient (Wildman–Crippen LogP) is 2.93. The summed E-state index contributed by atoms with van der Waals surface area (Å²) < 4.78 is 0. The first kappa shape index (κ1) is 10.1. The van der Waals surface area contributed by atoms with E-state index in [-0.39, 0.29) is 6.10 Å². The molecule has 0 aromatic rings. The van der Waals surface area contributed by atoms with E-state index >= 15 is 0 Å². The van der Waals surface area contributed by atoms with Crippen molar-refractivity contribution in [2.75, 3.05) is 0 Å². The summed E-state index contributed by atoms with van der Waals surface area (Å²) in [5, 5.41) is 9.64. The van der Waals surface area contributed by atoms with Gasteiger partial charge in [-0.3, -0.25) is 0 Å². The molecule has 0 aromatic heterocycles. The van der Waals surface area contributed by atoms with Crippen LogP contribution in [0.25, 0.3) is 0 Å². The van der Waals surface area contributed by atoms with Crippen LogP contribution < -0.4 is 0 Å². The van der Waals surface area contributed by atoms with Gasteiger partial charge in [-0.1, -0.05) is 24.6 Å². The Morgan fingerprint density at radius 3 is 2.92 bits per heavy atom. The Bertz CT molecular complexity index is 156. The Morgan fingerprint density at radius 1 is 1.50 bits per heavy atom. The van der Waals surface area contributed by atoms with Crippen molar-refractivity contribution < 1.29 is 5.11 Å². The van der Waals surface area contributed by atoms with E-state index in [2.05, 4.69) is 6.92 Å². The van der Waals surface area contributed by atoms with Gasteiger partial charge >= 0.3 is 0 Å². The van der Waals surface area contributed by atoms with Crippen molar-refractivity contribution in [1.29, 1.82) is 0 Å². The van der Waals surface area contributed by atoms with Crippen molar-refractivity contribution in [3.05, 3.63) is 11.6 Å². The highest BCUT2D eigenvalue weighted by molar-refractivity contribution is 6.25. The zero-order chi connectivity index (χ0) is 8.97. The summed E-state index contributed by atoms with van der Waals surface area (Å²) in [6.45, 7) is 2.25. The van der Waals surface area contributed by atoms with Gasteiger partial charge in [-0.15, -0.1) is 0 Å². The molecule has 0 aliphatic heterocycles. The summed E-state index contributed by atoms with van der Waals surface area (Å²) in [7, 11) is 0. The average Bonchev–Trinajstić information content (AvgIpc) is 2.07. The maximum Gasteiger partial charge on any atom is 0.0571 e. The molecule has 1 fully saturated rings. The van der Waals surface area contributed by atoms with Crippen LogP contribution in [0.3, 0.4) is 0 Å². The lowest BCUT2D eigenvalue weighted by atomic mass is 9.79. The number of halogens is 1. The van der Waals surface area contributed by atoms with Gasteiger partial charge in [0.25, 0.3) is 0 Å². The fourth-order valence-electron chi connectivity index (χ4n) is 1.96. The number of rotatable bonds is 2. The Morgan fingerprint density at radius 2 is 2.25 bits per heavy atom. The fraction of sp³-hybridized carbons (Fsp3) is 0.800. The van der Waals surface area contributed by atoms with Gasteiger partial charge in [0, 0.05) is 5.54 Å². The van der Waals surface area contributed by atoms with Gasteiger partial charge in [-0.2, -0.15) is 0 Å². The maximum atomic E-state index is 9.64. The van der Waals surface area contributed by atoms with E-state index in [1.54, 1.807) is 5.54 Å². The minimum atomic E-state index is -0.103. The van der Waals surface area contributed by atoms with E-state index < -0.39 is 0 Å². The highest BCUT2D eigenvalue weighted by atomic mass is 35.5. The number of aliphatic hydroxyl groups excluding tert-OH is 1. The van der Waals surface area contributed by atoms with Gasteiger partial charge in [0.05, 0.1) is 6.10 Å². The standard InChI is InChI=1S/C10H17ClO/c1-8-4-5-10(12)9(7-8)3-2-6-11/h2,6,8-10,12H,3-5,7H2,1H3/b6-2+. The number of allylic oxidation sites excluding steroid dienone is 1. The molecule has 1 aliphatic rings. The summed E-state index contributed by atoms with van der Waals surface area (Å²) in [5.74, 6) is 1.20. The van der Waals surface area contributed by atoms with Crippen LogP contribution in [0.4, 0.5) is 0 Å². The van der Waals surface area contributed by atoms with E-state index in [1.807, 2.05) is 6.08 Å². The second-order valence-electron chi connectivity index (χ2n) is 3.84. The minimum Gasteiger partial charge on any atom is -0.393 e. The molecule has 1 N–H and O–H groups in total. The zero-order valence-electron chi connectivity index (χ0n) is 7.54. The van der Waals surface area contributed by atoms with Gasteiger partial charge < -0.3 is 5.11 Å². The lowest BCUT2D eigenvalue weighted by Gasteiger charge is -2.30. The van der Waals surface area contributed by atoms with Gasteiger partial charge in [0.1, 0.15) is 0 Å². The molecule has 0 spiro atoms. The van der Waals surface area contributed by atoms with Gasteiger partial charge in [-0.25, -0.2) is 0 Å². The molecule has 0 radical (unpaired) electrons. The van der Waals surface area contributed by atoms with Crippen molar-refractivity contribution in [2.24, 2.45) is 11.8 Å². The maximum absolute atomic E-state index is 9.64. The topological polar surface area (TPSA) is 20.2 Å². The summed E-state index contributed by atoms with van der Waals surface area (Å²) in [5.41, 5.74) is 1.55. The number of hydrogen-bond donors (Lipinski definition) is 1. The molecule has 1 nitrogen and oxygen atoms in total. The zero-order valence-corrected chi connectivity index (χ0v) is 8.30. The van der Waals surface area contributed by atoms with E-state index in [0.29, 0.717) is 5.92 Å². The summed E-state index contributed by atoms with van der Waals surface area (Å²) in [6.07, 6.45) is 6.03. The quantitative estimate of drug-likeness (QED) is 0.707. The van der Waals surface area contributed by atoms with E-state index in [4.69, 9.17) is 11.6 Å². The molecular formula is C10H17ClO. The molecule has 0 aromatic carbocycles. The van der Waals surface area contributed by atoms with Crippen LogP contribution in [-0.4, -0.2) is 11.2 Å². The second kappa shape index (κ2) is 4.88. The van der Waals surface area contributed by atoms with Crippen LogP contribution in [0.2, 0.25) is 0 Å². The largest absolute Gasteiger partial charge is 0.393 e. The smallest absolute Gasteiger partial charge is 0.0571 e. The molecule has 0 saturated heterocycles. The van der Waals surface area contributed by atoms with Crippen molar-refractivity contribution in [2.45, 2.75) is 38.7 Å². The molecular weight excluding hydrogens is 172 g/mol. The normalized spacial score (nSPS) is 37.4. The van der Waals surface area contributed by atoms with Crippen LogP contribution in [0.5, 0.6) is 0 Å². The SMILES string of the molecule is CC1CCC(O)C(C/C=C/Cl)C1. The summed E-state index contributed by atoms with van der Waals surface area (Å²) in [4.78, 5) is 0.